The van der Waals surface area contributed by atoms with E-state index in [2.05, 4.69) is 5.32 Å². The molecule has 0 heterocycles. The molecule has 0 aliphatic heterocycles. The number of hydrogen-bond donors (Lipinski definition) is 1. The van der Waals surface area contributed by atoms with Crippen molar-refractivity contribution in [3.05, 3.63) is 102 Å². The molecule has 3 rings (SSSR count). The highest BCUT2D eigenvalue weighted by Crippen LogP contribution is 2.18. The van der Waals surface area contributed by atoms with E-state index in [9.17, 15) is 14.4 Å². The normalized spacial score (nSPS) is 11.3. The van der Waals surface area contributed by atoms with E-state index in [-0.39, 0.29) is 24.8 Å². The van der Waals surface area contributed by atoms with Crippen LogP contribution in [0.4, 0.5) is 5.69 Å². The summed E-state index contributed by atoms with van der Waals surface area (Å²) in [4.78, 5) is 38.8. The molecule has 0 saturated carbocycles. The fraction of sp³-hybridized carbons (Fsp3) is 0.160. The minimum absolute atomic E-state index is 0.0923. The topological polar surface area (TPSA) is 75.7 Å². The molecule has 0 spiro atoms. The van der Waals surface area contributed by atoms with Gasteiger partial charge in [0, 0.05) is 18.3 Å². The van der Waals surface area contributed by atoms with Crippen LogP contribution in [0.15, 0.2) is 91.0 Å². The van der Waals surface area contributed by atoms with Crippen LogP contribution >= 0.6 is 0 Å². The summed E-state index contributed by atoms with van der Waals surface area (Å²) >= 11 is 0. The van der Waals surface area contributed by atoms with Crippen molar-refractivity contribution in [2.24, 2.45) is 0 Å². The summed E-state index contributed by atoms with van der Waals surface area (Å²) in [5.41, 5.74) is 1.98. The number of para-hydroxylation sites is 1. The lowest BCUT2D eigenvalue weighted by Crippen LogP contribution is -2.33. The van der Waals surface area contributed by atoms with Crippen LogP contribution in [0, 0.1) is 0 Å². The third kappa shape index (κ3) is 6.27. The van der Waals surface area contributed by atoms with E-state index in [4.69, 9.17) is 4.74 Å². The van der Waals surface area contributed by atoms with E-state index in [1.165, 1.54) is 4.90 Å². The molecule has 1 N–H and O–H groups in total. The second kappa shape index (κ2) is 10.7. The Morgan fingerprint density at radius 2 is 1.39 bits per heavy atom. The monoisotopic (exact) mass is 416 g/mol. The molecule has 0 aliphatic carbocycles. The zero-order valence-electron chi connectivity index (χ0n) is 17.2. The quantitative estimate of drug-likeness (QED) is 0.568. The summed E-state index contributed by atoms with van der Waals surface area (Å²) in [7, 11) is 1.62. The molecule has 0 radical (unpaired) electrons. The van der Waals surface area contributed by atoms with Gasteiger partial charge < -0.3 is 15.0 Å². The van der Waals surface area contributed by atoms with Gasteiger partial charge in [-0.2, -0.15) is 0 Å². The minimum Gasteiger partial charge on any atom is -0.455 e. The Kier molecular flexibility index (Phi) is 7.54. The standard InChI is InChI=1S/C25H24N2O4/c1-27(21-15-9-4-10-16-21)23(28)18-31-24(29)17-22(19-11-5-2-6-12-19)26-25(30)20-13-7-3-8-14-20/h2-16,22H,17-18H2,1H3,(H,26,30)/t22-/m0/s1. The largest absolute Gasteiger partial charge is 0.455 e. The fourth-order valence-electron chi connectivity index (χ4n) is 3.03. The van der Waals surface area contributed by atoms with Crippen LogP contribution in [-0.2, 0) is 14.3 Å². The van der Waals surface area contributed by atoms with Crippen LogP contribution < -0.4 is 10.2 Å². The highest BCUT2D eigenvalue weighted by atomic mass is 16.5. The average Bonchev–Trinajstić information content (AvgIpc) is 2.83. The van der Waals surface area contributed by atoms with E-state index in [1.807, 2.05) is 54.6 Å². The Morgan fingerprint density at radius 3 is 2.00 bits per heavy atom. The molecule has 31 heavy (non-hydrogen) atoms. The molecule has 0 saturated heterocycles. The molecule has 1 atom stereocenters. The van der Waals surface area contributed by atoms with Crippen molar-refractivity contribution in [1.82, 2.24) is 5.32 Å². The van der Waals surface area contributed by atoms with Crippen LogP contribution in [0.5, 0.6) is 0 Å². The molecule has 6 heteroatoms. The molecule has 0 aliphatic rings. The Labute approximate surface area is 181 Å². The van der Waals surface area contributed by atoms with Crippen molar-refractivity contribution in [3.8, 4) is 0 Å². The first-order valence-corrected chi connectivity index (χ1v) is 9.92. The zero-order chi connectivity index (χ0) is 22.1. The number of anilines is 1. The molecule has 3 aromatic carbocycles. The van der Waals surface area contributed by atoms with E-state index in [0.29, 0.717) is 11.3 Å². The SMILES string of the molecule is CN(C(=O)COC(=O)C[C@H](NC(=O)c1ccccc1)c1ccccc1)c1ccccc1. The van der Waals surface area contributed by atoms with Gasteiger partial charge in [-0.1, -0.05) is 66.7 Å². The van der Waals surface area contributed by atoms with E-state index < -0.39 is 12.0 Å². The average molecular weight is 416 g/mol. The molecule has 6 nitrogen and oxygen atoms in total. The number of rotatable bonds is 8. The number of esters is 1. The third-order valence-electron chi connectivity index (χ3n) is 4.79. The molecule has 0 unspecified atom stereocenters. The molecule has 158 valence electrons. The van der Waals surface area contributed by atoms with Gasteiger partial charge in [0.1, 0.15) is 0 Å². The van der Waals surface area contributed by atoms with Crippen LogP contribution in [0.2, 0.25) is 0 Å². The summed E-state index contributed by atoms with van der Waals surface area (Å²) in [6.45, 7) is -0.377. The van der Waals surface area contributed by atoms with Gasteiger partial charge in [-0.15, -0.1) is 0 Å². The van der Waals surface area contributed by atoms with Gasteiger partial charge in [0.25, 0.3) is 11.8 Å². The van der Waals surface area contributed by atoms with Gasteiger partial charge in [-0.3, -0.25) is 14.4 Å². The molecule has 2 amide bonds. The lowest BCUT2D eigenvalue weighted by molar-refractivity contribution is -0.148. The van der Waals surface area contributed by atoms with Crippen molar-refractivity contribution in [2.45, 2.75) is 12.5 Å². The predicted molar refractivity (Wildman–Crippen MR) is 119 cm³/mol. The smallest absolute Gasteiger partial charge is 0.308 e. The predicted octanol–water partition coefficient (Wildman–Crippen LogP) is 3.75. The Bertz CT molecular complexity index is 1010. The number of benzene rings is 3. The van der Waals surface area contributed by atoms with Crippen molar-refractivity contribution >= 4 is 23.5 Å². The second-order valence-electron chi connectivity index (χ2n) is 6.96. The molecular formula is C25H24N2O4. The summed E-state index contributed by atoms with van der Waals surface area (Å²) in [6.07, 6.45) is -0.0923. The summed E-state index contributed by atoms with van der Waals surface area (Å²) < 4.78 is 5.20. The van der Waals surface area contributed by atoms with Crippen molar-refractivity contribution in [2.75, 3.05) is 18.6 Å². The Balaban J connectivity index is 1.62. The second-order valence-corrected chi connectivity index (χ2v) is 6.96. The molecule has 3 aromatic rings. The van der Waals surface area contributed by atoms with E-state index in [1.54, 1.807) is 43.4 Å². The summed E-state index contributed by atoms with van der Waals surface area (Å²) in [5.74, 6) is -1.21. The van der Waals surface area contributed by atoms with Gasteiger partial charge in [0.2, 0.25) is 0 Å². The van der Waals surface area contributed by atoms with Gasteiger partial charge in [0.15, 0.2) is 6.61 Å². The maximum atomic E-state index is 12.6. The number of likely N-dealkylation sites (N-methyl/N-ethyl adjacent to an activating group) is 1. The minimum atomic E-state index is -0.580. The number of ether oxygens (including phenoxy) is 1. The van der Waals surface area contributed by atoms with Crippen LogP contribution in [-0.4, -0.2) is 31.4 Å². The number of carbonyl (C=O) groups is 3. The van der Waals surface area contributed by atoms with Crippen molar-refractivity contribution < 1.29 is 19.1 Å². The van der Waals surface area contributed by atoms with Crippen molar-refractivity contribution in [1.29, 1.82) is 0 Å². The van der Waals surface area contributed by atoms with E-state index >= 15 is 0 Å². The van der Waals surface area contributed by atoms with Crippen molar-refractivity contribution in [3.63, 3.8) is 0 Å². The fourth-order valence-corrected chi connectivity index (χ4v) is 3.03. The molecule has 0 aromatic heterocycles. The lowest BCUT2D eigenvalue weighted by Gasteiger charge is -2.20. The van der Waals surface area contributed by atoms with Gasteiger partial charge in [-0.25, -0.2) is 0 Å². The highest BCUT2D eigenvalue weighted by molar-refractivity contribution is 5.95. The zero-order valence-corrected chi connectivity index (χ0v) is 17.2. The maximum Gasteiger partial charge on any atom is 0.308 e. The Morgan fingerprint density at radius 1 is 0.839 bits per heavy atom. The first-order valence-electron chi connectivity index (χ1n) is 9.92. The highest BCUT2D eigenvalue weighted by Gasteiger charge is 2.21. The maximum absolute atomic E-state index is 12.6. The molecular weight excluding hydrogens is 392 g/mol. The first-order chi connectivity index (χ1) is 15.0. The van der Waals surface area contributed by atoms with Gasteiger partial charge >= 0.3 is 5.97 Å². The number of nitrogens with zero attached hydrogens (tertiary/aromatic N) is 1. The number of hydrogen-bond acceptors (Lipinski definition) is 4. The van der Waals surface area contributed by atoms with E-state index in [0.717, 1.165) is 5.56 Å². The number of nitrogens with one attached hydrogen (secondary N) is 1. The number of carbonyl (C=O) groups excluding carboxylic acids is 3. The summed E-state index contributed by atoms with van der Waals surface area (Å²) in [6, 6.07) is 26.5. The first kappa shape index (κ1) is 21.8. The Hall–Kier alpha value is -3.93. The van der Waals surface area contributed by atoms with Gasteiger partial charge in [0.05, 0.1) is 12.5 Å². The van der Waals surface area contributed by atoms with Crippen LogP contribution in [0.1, 0.15) is 28.4 Å². The lowest BCUT2D eigenvalue weighted by atomic mass is 10.0. The van der Waals surface area contributed by atoms with Crippen LogP contribution in [0.25, 0.3) is 0 Å². The number of amides is 2. The van der Waals surface area contributed by atoms with Crippen LogP contribution in [0.3, 0.4) is 0 Å². The molecule has 0 bridgehead atoms. The van der Waals surface area contributed by atoms with Gasteiger partial charge in [-0.05, 0) is 29.8 Å². The summed E-state index contributed by atoms with van der Waals surface area (Å²) in [5, 5.41) is 2.88. The third-order valence-corrected chi connectivity index (χ3v) is 4.79. The molecule has 0 fully saturated rings.